The van der Waals surface area contributed by atoms with Gasteiger partial charge in [0.05, 0.1) is 0 Å². The number of benzene rings is 2. The van der Waals surface area contributed by atoms with Gasteiger partial charge in [0.2, 0.25) is 0 Å². The number of anilines is 2. The number of carbonyl (C=O) groups excluding carboxylic acids is 1. The Morgan fingerprint density at radius 2 is 1.75 bits per heavy atom. The average Bonchev–Trinajstić information content (AvgIpc) is 2.62. The normalized spacial score (nSPS) is 13.6. The first-order valence-electron chi connectivity index (χ1n) is 7.84. The van der Waals surface area contributed by atoms with Crippen molar-refractivity contribution in [2.45, 2.75) is 24.7 Å². The first-order valence-corrected chi connectivity index (χ1v) is 7.84. The molecule has 0 heterocycles. The Kier molecular flexibility index (Phi) is 6.29. The summed E-state index contributed by atoms with van der Waals surface area (Å²) in [5.41, 5.74) is 9.69. The molecule has 150 valence electrons. The van der Waals surface area contributed by atoms with Crippen molar-refractivity contribution in [1.29, 1.82) is 0 Å². The minimum atomic E-state index is -4.72. The lowest BCUT2D eigenvalue weighted by Crippen LogP contribution is -2.38. The smallest absolute Gasteiger partial charge is 0.398 e. The van der Waals surface area contributed by atoms with Gasteiger partial charge in [0.1, 0.15) is 29.4 Å². The lowest BCUT2D eigenvalue weighted by molar-refractivity contribution is -0.149. The van der Waals surface area contributed by atoms with E-state index in [0.29, 0.717) is 0 Å². The summed E-state index contributed by atoms with van der Waals surface area (Å²) in [6.45, 7) is 0. The molecule has 2 rings (SSSR count). The molecule has 2 unspecified atom stereocenters. The van der Waals surface area contributed by atoms with E-state index in [0.717, 1.165) is 36.4 Å². The zero-order valence-electron chi connectivity index (χ0n) is 14.1. The zero-order valence-corrected chi connectivity index (χ0v) is 14.1. The van der Waals surface area contributed by atoms with Crippen molar-refractivity contribution in [3.63, 3.8) is 0 Å². The molecule has 11 heteroatoms. The second kappa shape index (κ2) is 8.30. The van der Waals surface area contributed by atoms with E-state index in [1.54, 1.807) is 0 Å². The molecular weight excluding hydrogens is 387 g/mol. The summed E-state index contributed by atoms with van der Waals surface area (Å²) < 4.78 is 65.0. The van der Waals surface area contributed by atoms with Crippen LogP contribution in [0.3, 0.4) is 0 Å². The molecule has 0 radical (unpaired) electrons. The fraction of sp³-hybridized carbons (Fsp3) is 0.235. The van der Waals surface area contributed by atoms with Crippen LogP contribution in [0.25, 0.3) is 0 Å². The predicted octanol–water partition coefficient (Wildman–Crippen LogP) is 3.89. The Balaban J connectivity index is 2.23. The predicted molar refractivity (Wildman–Crippen MR) is 92.3 cm³/mol. The highest BCUT2D eigenvalue weighted by molar-refractivity contribution is 6.05. The van der Waals surface area contributed by atoms with Gasteiger partial charge >= 0.3 is 6.18 Å². The van der Waals surface area contributed by atoms with E-state index in [1.165, 1.54) is 0 Å². The van der Waals surface area contributed by atoms with Gasteiger partial charge in [-0.3, -0.25) is 4.79 Å². The van der Waals surface area contributed by atoms with Crippen LogP contribution in [-0.4, -0.2) is 18.1 Å². The summed E-state index contributed by atoms with van der Waals surface area (Å²) in [6, 6.07) is 2.56. The molecule has 0 saturated heterocycles. The van der Waals surface area contributed by atoms with Crippen molar-refractivity contribution in [3.8, 4) is 0 Å². The number of rotatable bonds is 6. The molecule has 2 aromatic rings. The zero-order chi connectivity index (χ0) is 21.1. The van der Waals surface area contributed by atoms with E-state index in [-0.39, 0.29) is 16.8 Å². The number of amides is 1. The molecule has 0 aliphatic rings. The summed E-state index contributed by atoms with van der Waals surface area (Å²) in [5, 5.41) is 4.67. The Labute approximate surface area is 155 Å². The second-order valence-corrected chi connectivity index (χ2v) is 5.90. The van der Waals surface area contributed by atoms with Gasteiger partial charge in [-0.1, -0.05) is 17.3 Å². The van der Waals surface area contributed by atoms with Gasteiger partial charge in [-0.15, -0.1) is 0 Å². The summed E-state index contributed by atoms with van der Waals surface area (Å²) in [5.74, 6) is -2.90. The number of para-hydroxylation sites is 1. The number of hydrogen-bond acceptors (Lipinski definition) is 5. The molecule has 28 heavy (non-hydrogen) atoms. The molecule has 5 N–H and O–H groups in total. The van der Waals surface area contributed by atoms with E-state index in [4.69, 9.17) is 11.5 Å². The molecule has 0 fully saturated rings. The van der Waals surface area contributed by atoms with Crippen LogP contribution >= 0.6 is 0 Å². The van der Waals surface area contributed by atoms with Crippen molar-refractivity contribution < 1.29 is 26.7 Å². The van der Waals surface area contributed by atoms with Gasteiger partial charge < -0.3 is 16.8 Å². The van der Waals surface area contributed by atoms with Gasteiger partial charge in [-0.25, -0.2) is 8.78 Å². The van der Waals surface area contributed by atoms with Gasteiger partial charge in [0.15, 0.2) is 0 Å². The molecule has 0 saturated carbocycles. The topological polar surface area (TPSA) is 111 Å². The first kappa shape index (κ1) is 21.2. The number of nitroso groups, excluding NO2 is 1. The van der Waals surface area contributed by atoms with Crippen LogP contribution in [0.5, 0.6) is 0 Å². The molecule has 1 amide bonds. The van der Waals surface area contributed by atoms with Gasteiger partial charge in [0.25, 0.3) is 5.91 Å². The van der Waals surface area contributed by atoms with E-state index in [9.17, 15) is 31.7 Å². The molecule has 2 aromatic carbocycles. The number of nitrogens with one attached hydrogen (secondary N) is 1. The van der Waals surface area contributed by atoms with Crippen molar-refractivity contribution in [3.05, 3.63) is 64.1 Å². The maximum absolute atomic E-state index is 13.6. The molecule has 2 atom stereocenters. The molecule has 0 aliphatic heterocycles. The number of nitrogens with two attached hydrogens (primary N) is 2. The van der Waals surface area contributed by atoms with Crippen LogP contribution in [0.4, 0.5) is 33.3 Å². The fourth-order valence-corrected chi connectivity index (χ4v) is 2.42. The second-order valence-electron chi connectivity index (χ2n) is 5.90. The number of halogens is 5. The third-order valence-corrected chi connectivity index (χ3v) is 3.93. The number of alkyl halides is 3. The third kappa shape index (κ3) is 4.80. The Morgan fingerprint density at radius 1 is 1.14 bits per heavy atom. The van der Waals surface area contributed by atoms with Crippen molar-refractivity contribution >= 4 is 17.3 Å². The molecule has 6 nitrogen and oxygen atoms in total. The van der Waals surface area contributed by atoms with E-state index in [2.05, 4.69) is 5.18 Å². The monoisotopic (exact) mass is 402 g/mol. The van der Waals surface area contributed by atoms with Gasteiger partial charge in [0, 0.05) is 23.2 Å². The highest BCUT2D eigenvalue weighted by Gasteiger charge is 2.39. The van der Waals surface area contributed by atoms with Crippen molar-refractivity contribution in [2.24, 2.45) is 10.9 Å². The highest BCUT2D eigenvalue weighted by atomic mass is 19.4. The molecule has 0 aromatic heterocycles. The standard InChI is InChI=1S/C17H15F5N4O2/c18-10-2-1-3-11(19)15(10)25-16(27)8-4-5-9(12(23)6-8)13(26-28)7-14(24)17(20,21)22/h1-6,13-14H,7,23-24H2,(H,25,27). The lowest BCUT2D eigenvalue weighted by Gasteiger charge is -2.19. The highest BCUT2D eigenvalue weighted by Crippen LogP contribution is 2.32. The van der Waals surface area contributed by atoms with E-state index in [1.807, 2.05) is 5.32 Å². The van der Waals surface area contributed by atoms with Crippen LogP contribution in [0.1, 0.15) is 28.4 Å². The van der Waals surface area contributed by atoms with Crippen molar-refractivity contribution in [2.75, 3.05) is 11.1 Å². The molecule has 0 aliphatic carbocycles. The SMILES string of the molecule is Nc1cc(C(=O)Nc2c(F)cccc2F)ccc1C(CC(N)C(F)(F)F)N=O. The Morgan fingerprint density at radius 3 is 2.25 bits per heavy atom. The van der Waals surface area contributed by atoms with Crippen LogP contribution < -0.4 is 16.8 Å². The lowest BCUT2D eigenvalue weighted by atomic mass is 9.97. The average molecular weight is 402 g/mol. The minimum absolute atomic E-state index is 0.0525. The Hall–Kier alpha value is -3.08. The third-order valence-electron chi connectivity index (χ3n) is 3.93. The Bertz CT molecular complexity index is 868. The van der Waals surface area contributed by atoms with Gasteiger partial charge in [-0.2, -0.15) is 18.1 Å². The molecular formula is C17H15F5N4O2. The van der Waals surface area contributed by atoms with E-state index >= 15 is 0 Å². The number of nitrogen functional groups attached to an aromatic ring is 1. The largest absolute Gasteiger partial charge is 0.403 e. The first-order chi connectivity index (χ1) is 13.0. The fourth-order valence-electron chi connectivity index (χ4n) is 2.42. The number of hydrogen-bond donors (Lipinski definition) is 3. The van der Waals surface area contributed by atoms with Crippen LogP contribution in [0.2, 0.25) is 0 Å². The molecule has 0 spiro atoms. The maximum atomic E-state index is 13.6. The number of nitrogens with zero attached hydrogens (tertiary/aromatic N) is 1. The van der Waals surface area contributed by atoms with Gasteiger partial charge in [-0.05, 0) is 24.3 Å². The van der Waals surface area contributed by atoms with E-state index < -0.39 is 47.9 Å². The van der Waals surface area contributed by atoms with Crippen LogP contribution in [0, 0.1) is 16.5 Å². The number of carbonyl (C=O) groups is 1. The summed E-state index contributed by atoms with van der Waals surface area (Å²) >= 11 is 0. The van der Waals surface area contributed by atoms with Crippen LogP contribution in [0.15, 0.2) is 41.6 Å². The minimum Gasteiger partial charge on any atom is -0.398 e. The van der Waals surface area contributed by atoms with Crippen LogP contribution in [-0.2, 0) is 0 Å². The molecule has 0 bridgehead atoms. The summed E-state index contributed by atoms with van der Waals surface area (Å²) in [4.78, 5) is 23.1. The summed E-state index contributed by atoms with van der Waals surface area (Å²) in [6.07, 6.45) is -5.55. The quantitative estimate of drug-likeness (QED) is 0.387. The van der Waals surface area contributed by atoms with Crippen molar-refractivity contribution in [1.82, 2.24) is 0 Å². The maximum Gasteiger partial charge on any atom is 0.403 e. The summed E-state index contributed by atoms with van der Waals surface area (Å²) in [7, 11) is 0.